The van der Waals surface area contributed by atoms with Crippen molar-refractivity contribution in [2.24, 2.45) is 5.92 Å². The SMILES string of the molecule is CCC1CCCCC1OCC(O)CNCCN(CC)CC. The number of aliphatic hydroxyl groups is 1. The van der Waals surface area contributed by atoms with Crippen LogP contribution in [-0.4, -0.2) is 61.5 Å². The van der Waals surface area contributed by atoms with Crippen molar-refractivity contribution in [3.63, 3.8) is 0 Å². The van der Waals surface area contributed by atoms with E-state index in [-0.39, 0.29) is 6.10 Å². The van der Waals surface area contributed by atoms with Gasteiger partial charge in [-0.2, -0.15) is 0 Å². The third-order valence-corrected chi connectivity index (χ3v) is 4.75. The molecule has 1 aliphatic rings. The largest absolute Gasteiger partial charge is 0.389 e. The molecule has 0 radical (unpaired) electrons. The van der Waals surface area contributed by atoms with Crippen LogP contribution >= 0.6 is 0 Å². The average molecular weight is 300 g/mol. The summed E-state index contributed by atoms with van der Waals surface area (Å²) >= 11 is 0. The van der Waals surface area contributed by atoms with Crippen LogP contribution in [0, 0.1) is 5.92 Å². The number of hydrogen-bond acceptors (Lipinski definition) is 4. The molecule has 0 spiro atoms. The summed E-state index contributed by atoms with van der Waals surface area (Å²) in [7, 11) is 0. The minimum Gasteiger partial charge on any atom is -0.389 e. The molecule has 0 aromatic rings. The van der Waals surface area contributed by atoms with Crippen molar-refractivity contribution < 1.29 is 9.84 Å². The standard InChI is InChI=1S/C17H36N2O2/c1-4-15-9-7-8-10-17(15)21-14-16(20)13-18-11-12-19(5-2)6-3/h15-18,20H,4-14H2,1-3H3. The minimum atomic E-state index is -0.388. The molecule has 2 N–H and O–H groups in total. The first-order valence-electron chi connectivity index (χ1n) is 8.93. The van der Waals surface area contributed by atoms with Crippen molar-refractivity contribution in [1.82, 2.24) is 10.2 Å². The Morgan fingerprint density at radius 2 is 1.90 bits per heavy atom. The van der Waals surface area contributed by atoms with Crippen LogP contribution in [-0.2, 0) is 4.74 Å². The molecule has 0 aromatic carbocycles. The van der Waals surface area contributed by atoms with Gasteiger partial charge in [0.25, 0.3) is 0 Å². The summed E-state index contributed by atoms with van der Waals surface area (Å²) in [4.78, 5) is 2.38. The van der Waals surface area contributed by atoms with Gasteiger partial charge in [-0.05, 0) is 31.8 Å². The van der Waals surface area contributed by atoms with Crippen LogP contribution in [0.5, 0.6) is 0 Å². The smallest absolute Gasteiger partial charge is 0.0897 e. The van der Waals surface area contributed by atoms with Crippen LogP contribution in [0.4, 0.5) is 0 Å². The highest BCUT2D eigenvalue weighted by Gasteiger charge is 2.24. The first kappa shape index (κ1) is 18.9. The number of ether oxygens (including phenoxy) is 1. The fourth-order valence-corrected chi connectivity index (χ4v) is 3.20. The van der Waals surface area contributed by atoms with Crippen molar-refractivity contribution in [3.8, 4) is 0 Å². The highest BCUT2D eigenvalue weighted by molar-refractivity contribution is 4.75. The molecule has 3 atom stereocenters. The number of likely N-dealkylation sites (N-methyl/N-ethyl adjacent to an activating group) is 1. The summed E-state index contributed by atoms with van der Waals surface area (Å²) in [5.41, 5.74) is 0. The molecule has 4 nitrogen and oxygen atoms in total. The van der Waals surface area contributed by atoms with E-state index in [2.05, 4.69) is 31.0 Å². The fraction of sp³-hybridized carbons (Fsp3) is 1.00. The van der Waals surface area contributed by atoms with Crippen molar-refractivity contribution in [2.75, 3.05) is 39.3 Å². The van der Waals surface area contributed by atoms with Gasteiger partial charge < -0.3 is 20.1 Å². The van der Waals surface area contributed by atoms with Gasteiger partial charge in [0.2, 0.25) is 0 Å². The lowest BCUT2D eigenvalue weighted by Gasteiger charge is -2.31. The van der Waals surface area contributed by atoms with E-state index in [1.807, 2.05) is 0 Å². The molecule has 4 heteroatoms. The van der Waals surface area contributed by atoms with Gasteiger partial charge in [-0.3, -0.25) is 0 Å². The molecule has 1 fully saturated rings. The van der Waals surface area contributed by atoms with E-state index in [1.54, 1.807) is 0 Å². The van der Waals surface area contributed by atoms with Crippen molar-refractivity contribution in [3.05, 3.63) is 0 Å². The van der Waals surface area contributed by atoms with E-state index in [0.29, 0.717) is 25.2 Å². The third kappa shape index (κ3) is 7.59. The van der Waals surface area contributed by atoms with Gasteiger partial charge in [-0.25, -0.2) is 0 Å². The molecule has 0 aliphatic heterocycles. The van der Waals surface area contributed by atoms with Crippen molar-refractivity contribution in [2.45, 2.75) is 65.1 Å². The van der Waals surface area contributed by atoms with Crippen LogP contribution in [0.2, 0.25) is 0 Å². The summed E-state index contributed by atoms with van der Waals surface area (Å²) in [6.45, 7) is 11.9. The van der Waals surface area contributed by atoms with E-state index in [9.17, 15) is 5.11 Å². The van der Waals surface area contributed by atoms with E-state index in [4.69, 9.17) is 4.74 Å². The topological polar surface area (TPSA) is 44.7 Å². The maximum atomic E-state index is 10.0. The zero-order chi connectivity index (χ0) is 15.5. The first-order valence-corrected chi connectivity index (χ1v) is 8.93. The fourth-order valence-electron chi connectivity index (χ4n) is 3.20. The molecule has 0 heterocycles. The first-order chi connectivity index (χ1) is 10.2. The Hall–Kier alpha value is -0.160. The van der Waals surface area contributed by atoms with Crippen molar-refractivity contribution in [1.29, 1.82) is 0 Å². The summed E-state index contributed by atoms with van der Waals surface area (Å²) in [6, 6.07) is 0. The summed E-state index contributed by atoms with van der Waals surface area (Å²) in [5, 5.41) is 13.3. The molecule has 126 valence electrons. The number of nitrogens with one attached hydrogen (secondary N) is 1. The second kappa shape index (κ2) is 11.4. The van der Waals surface area contributed by atoms with E-state index < -0.39 is 0 Å². The molecular formula is C17H36N2O2. The summed E-state index contributed by atoms with van der Waals surface area (Å²) in [5.74, 6) is 0.696. The van der Waals surface area contributed by atoms with E-state index >= 15 is 0 Å². The number of nitrogens with zero attached hydrogens (tertiary/aromatic N) is 1. The zero-order valence-electron chi connectivity index (χ0n) is 14.3. The second-order valence-electron chi connectivity index (χ2n) is 6.21. The molecular weight excluding hydrogens is 264 g/mol. The molecule has 3 unspecified atom stereocenters. The Labute approximate surface area is 131 Å². The van der Waals surface area contributed by atoms with Crippen LogP contribution in [0.3, 0.4) is 0 Å². The van der Waals surface area contributed by atoms with Crippen molar-refractivity contribution >= 4 is 0 Å². The Morgan fingerprint density at radius 1 is 1.19 bits per heavy atom. The number of hydrogen-bond donors (Lipinski definition) is 2. The quantitative estimate of drug-likeness (QED) is 0.575. The average Bonchev–Trinajstić information content (AvgIpc) is 2.53. The van der Waals surface area contributed by atoms with Gasteiger partial charge in [0, 0.05) is 19.6 Å². The molecule has 1 saturated carbocycles. The molecule has 1 aliphatic carbocycles. The lowest BCUT2D eigenvalue weighted by molar-refractivity contribution is -0.0499. The van der Waals surface area contributed by atoms with Gasteiger partial charge in [-0.15, -0.1) is 0 Å². The van der Waals surface area contributed by atoms with E-state index in [0.717, 1.165) is 26.2 Å². The maximum absolute atomic E-state index is 10.0. The molecule has 1 rings (SSSR count). The van der Waals surface area contributed by atoms with Gasteiger partial charge in [0.15, 0.2) is 0 Å². The Kier molecular flexibility index (Phi) is 10.3. The highest BCUT2D eigenvalue weighted by atomic mass is 16.5. The molecule has 21 heavy (non-hydrogen) atoms. The van der Waals surface area contributed by atoms with Crippen LogP contribution < -0.4 is 5.32 Å². The minimum absolute atomic E-state index is 0.370. The Balaban J connectivity index is 2.09. The van der Waals surface area contributed by atoms with Crippen LogP contribution in [0.15, 0.2) is 0 Å². The van der Waals surface area contributed by atoms with Gasteiger partial charge in [0.1, 0.15) is 0 Å². The normalized spacial score (nSPS) is 24.4. The predicted molar refractivity (Wildman–Crippen MR) is 88.7 cm³/mol. The summed E-state index contributed by atoms with van der Waals surface area (Å²) < 4.78 is 5.97. The molecule has 0 aromatic heterocycles. The number of rotatable bonds is 11. The Morgan fingerprint density at radius 3 is 2.57 bits per heavy atom. The Bertz CT molecular complexity index is 247. The van der Waals surface area contributed by atoms with Gasteiger partial charge in [0.05, 0.1) is 18.8 Å². The monoisotopic (exact) mass is 300 g/mol. The lowest BCUT2D eigenvalue weighted by atomic mass is 9.85. The number of aliphatic hydroxyl groups excluding tert-OH is 1. The van der Waals surface area contributed by atoms with Gasteiger partial charge in [-0.1, -0.05) is 40.0 Å². The predicted octanol–water partition coefficient (Wildman–Crippen LogP) is 2.26. The summed E-state index contributed by atoms with van der Waals surface area (Å²) in [6.07, 6.45) is 6.26. The lowest BCUT2D eigenvalue weighted by Crippen LogP contribution is -2.38. The zero-order valence-corrected chi connectivity index (χ0v) is 14.3. The van der Waals surface area contributed by atoms with E-state index in [1.165, 1.54) is 32.1 Å². The van der Waals surface area contributed by atoms with Crippen LogP contribution in [0.25, 0.3) is 0 Å². The van der Waals surface area contributed by atoms with Gasteiger partial charge >= 0.3 is 0 Å². The third-order valence-electron chi connectivity index (χ3n) is 4.75. The second-order valence-corrected chi connectivity index (χ2v) is 6.21. The van der Waals surface area contributed by atoms with Crippen LogP contribution in [0.1, 0.15) is 52.9 Å². The molecule has 0 amide bonds. The highest BCUT2D eigenvalue weighted by Crippen LogP contribution is 2.29. The molecule has 0 saturated heterocycles. The maximum Gasteiger partial charge on any atom is 0.0897 e. The molecule has 0 bridgehead atoms.